The molecule has 2 aromatic carbocycles. The Morgan fingerprint density at radius 1 is 1.10 bits per heavy atom. The summed E-state index contributed by atoms with van der Waals surface area (Å²) in [5.41, 5.74) is 5.24. The van der Waals surface area contributed by atoms with Crippen LogP contribution in [-0.2, 0) is 17.8 Å². The van der Waals surface area contributed by atoms with Gasteiger partial charge < -0.3 is 24.5 Å². The van der Waals surface area contributed by atoms with Crippen LogP contribution in [0, 0.1) is 0 Å². The zero-order valence-electron chi connectivity index (χ0n) is 23.1. The maximum absolute atomic E-state index is 11.6. The van der Waals surface area contributed by atoms with Crippen LogP contribution in [0.25, 0.3) is 16.6 Å². The minimum atomic E-state index is -0.935. The van der Waals surface area contributed by atoms with Crippen molar-refractivity contribution in [2.24, 2.45) is 0 Å². The smallest absolute Gasteiger partial charge is 0.335 e. The molecule has 2 N–H and O–H groups in total. The number of hydrogen-bond acceptors (Lipinski definition) is 7. The van der Waals surface area contributed by atoms with Crippen molar-refractivity contribution in [3.63, 3.8) is 0 Å². The van der Waals surface area contributed by atoms with Gasteiger partial charge >= 0.3 is 5.97 Å². The lowest BCUT2D eigenvalue weighted by atomic mass is 10.0. The van der Waals surface area contributed by atoms with Crippen molar-refractivity contribution in [2.45, 2.75) is 44.5 Å². The van der Waals surface area contributed by atoms with Gasteiger partial charge in [-0.05, 0) is 60.9 Å². The number of pyridine rings is 1. The first kappa shape index (κ1) is 26.9. The molecule has 2 aromatic heterocycles. The van der Waals surface area contributed by atoms with E-state index in [4.69, 9.17) is 31.0 Å². The molecule has 0 bridgehead atoms. The van der Waals surface area contributed by atoms with Gasteiger partial charge in [0, 0.05) is 36.7 Å². The van der Waals surface area contributed by atoms with E-state index in [0.717, 1.165) is 78.6 Å². The van der Waals surface area contributed by atoms with Crippen LogP contribution in [0.3, 0.4) is 0 Å². The van der Waals surface area contributed by atoms with Crippen LogP contribution in [0.2, 0.25) is 5.02 Å². The SMILES string of the molecule is O=C(O)c1ccc2nc(CN3CC=C(c4cccc(NC5CCOc6cc(Cl)ccc65)n4)CC3)n(CC3CCO3)c2c1. The van der Waals surface area contributed by atoms with Crippen molar-refractivity contribution in [3.8, 4) is 5.75 Å². The van der Waals surface area contributed by atoms with E-state index in [-0.39, 0.29) is 17.7 Å². The molecular formula is C32H32ClN5O4. The second kappa shape index (κ2) is 11.4. The lowest BCUT2D eigenvalue weighted by Crippen LogP contribution is -2.33. The molecule has 2 atom stereocenters. The van der Waals surface area contributed by atoms with Gasteiger partial charge in [-0.3, -0.25) is 4.90 Å². The third kappa shape index (κ3) is 5.47. The van der Waals surface area contributed by atoms with Crippen molar-refractivity contribution < 1.29 is 19.4 Å². The zero-order chi connectivity index (χ0) is 28.6. The van der Waals surface area contributed by atoms with Gasteiger partial charge in [-0.1, -0.05) is 29.8 Å². The molecule has 0 saturated carbocycles. The second-order valence-electron chi connectivity index (χ2n) is 11.1. The number of nitrogens with zero attached hydrogens (tertiary/aromatic N) is 4. The number of carbonyl (C=O) groups is 1. The number of ether oxygens (including phenoxy) is 2. The van der Waals surface area contributed by atoms with Gasteiger partial charge in [0.1, 0.15) is 17.4 Å². The summed E-state index contributed by atoms with van der Waals surface area (Å²) in [6.07, 6.45) is 5.13. The molecule has 216 valence electrons. The van der Waals surface area contributed by atoms with E-state index in [2.05, 4.69) is 33.0 Å². The number of carboxylic acids is 1. The van der Waals surface area contributed by atoms with Crippen LogP contribution in [0.5, 0.6) is 5.75 Å². The molecule has 1 saturated heterocycles. The number of aromatic carboxylic acids is 1. The summed E-state index contributed by atoms with van der Waals surface area (Å²) in [5.74, 6) is 1.67. The molecule has 2 unspecified atom stereocenters. The van der Waals surface area contributed by atoms with E-state index in [1.54, 1.807) is 18.2 Å². The first-order valence-electron chi connectivity index (χ1n) is 14.4. The Kier molecular flexibility index (Phi) is 7.31. The van der Waals surface area contributed by atoms with Crippen LogP contribution in [0.15, 0.2) is 60.7 Å². The Balaban J connectivity index is 1.06. The molecule has 4 aromatic rings. The molecule has 0 amide bonds. The van der Waals surface area contributed by atoms with Gasteiger partial charge in [0.25, 0.3) is 0 Å². The van der Waals surface area contributed by atoms with Gasteiger partial charge in [0.2, 0.25) is 0 Å². The monoisotopic (exact) mass is 585 g/mol. The fraction of sp³-hybridized carbons (Fsp3) is 0.344. The minimum absolute atomic E-state index is 0.112. The molecule has 42 heavy (non-hydrogen) atoms. The van der Waals surface area contributed by atoms with Crippen molar-refractivity contribution in [1.29, 1.82) is 0 Å². The molecule has 5 heterocycles. The highest BCUT2D eigenvalue weighted by molar-refractivity contribution is 6.30. The minimum Gasteiger partial charge on any atom is -0.493 e. The summed E-state index contributed by atoms with van der Waals surface area (Å²) in [5, 5.41) is 13.8. The van der Waals surface area contributed by atoms with E-state index in [1.807, 2.05) is 24.3 Å². The predicted octanol–water partition coefficient (Wildman–Crippen LogP) is 5.80. The summed E-state index contributed by atoms with van der Waals surface area (Å²) in [6, 6.07) is 17.2. The van der Waals surface area contributed by atoms with E-state index in [0.29, 0.717) is 24.7 Å². The van der Waals surface area contributed by atoms with Crippen LogP contribution in [0.4, 0.5) is 5.82 Å². The molecule has 9 nitrogen and oxygen atoms in total. The lowest BCUT2D eigenvalue weighted by Gasteiger charge is -2.29. The van der Waals surface area contributed by atoms with Crippen molar-refractivity contribution in [2.75, 3.05) is 31.6 Å². The summed E-state index contributed by atoms with van der Waals surface area (Å²) < 4.78 is 13.7. The van der Waals surface area contributed by atoms with Gasteiger partial charge in [0.05, 0.1) is 54.1 Å². The average Bonchev–Trinajstić information content (AvgIpc) is 3.31. The number of benzene rings is 2. The highest BCUT2D eigenvalue weighted by atomic mass is 35.5. The molecule has 0 spiro atoms. The molecule has 0 radical (unpaired) electrons. The van der Waals surface area contributed by atoms with E-state index < -0.39 is 5.97 Å². The Morgan fingerprint density at radius 3 is 2.79 bits per heavy atom. The molecule has 7 rings (SSSR count). The van der Waals surface area contributed by atoms with Crippen molar-refractivity contribution >= 4 is 40.0 Å². The number of rotatable bonds is 8. The van der Waals surface area contributed by atoms with E-state index in [9.17, 15) is 9.90 Å². The number of carboxylic acid groups (broad SMARTS) is 1. The zero-order valence-corrected chi connectivity index (χ0v) is 23.9. The fourth-order valence-corrected chi connectivity index (χ4v) is 6.10. The number of halogens is 1. The maximum atomic E-state index is 11.6. The molecule has 3 aliphatic rings. The third-order valence-corrected chi connectivity index (χ3v) is 8.56. The lowest BCUT2D eigenvalue weighted by molar-refractivity contribution is -0.0591. The second-order valence-corrected chi connectivity index (χ2v) is 11.5. The standard InChI is InChI=1S/C32H32ClN5O4/c33-22-5-6-24-26(11-15-42-29(24)17-22)35-30-3-1-2-25(34-30)20-8-12-37(13-9-20)19-31-36-27-7-4-21(32(39)40)16-28(27)38(31)18-23-10-14-41-23/h1-8,16-17,23,26H,9-15,18-19H2,(H,34,35)(H,39,40). The van der Waals surface area contributed by atoms with Gasteiger partial charge in [-0.2, -0.15) is 0 Å². The topological polar surface area (TPSA) is 102 Å². The Hall–Kier alpha value is -3.92. The first-order valence-corrected chi connectivity index (χ1v) is 14.8. The predicted molar refractivity (Wildman–Crippen MR) is 161 cm³/mol. The largest absolute Gasteiger partial charge is 0.493 e. The number of fused-ring (bicyclic) bond motifs is 2. The van der Waals surface area contributed by atoms with Crippen LogP contribution < -0.4 is 10.1 Å². The van der Waals surface area contributed by atoms with E-state index >= 15 is 0 Å². The number of anilines is 1. The Bertz CT molecular complexity index is 1680. The quantitative estimate of drug-likeness (QED) is 0.268. The highest BCUT2D eigenvalue weighted by Gasteiger charge is 2.25. The first-order chi connectivity index (χ1) is 20.5. The van der Waals surface area contributed by atoms with Crippen LogP contribution >= 0.6 is 11.6 Å². The van der Waals surface area contributed by atoms with Gasteiger partial charge in [-0.15, -0.1) is 0 Å². The van der Waals surface area contributed by atoms with Gasteiger partial charge in [0.15, 0.2) is 0 Å². The van der Waals surface area contributed by atoms with Crippen molar-refractivity contribution in [3.05, 3.63) is 88.3 Å². The summed E-state index contributed by atoms with van der Waals surface area (Å²) in [4.78, 5) is 23.8. The Labute approximate surface area is 248 Å². The van der Waals surface area contributed by atoms with Crippen LogP contribution in [-0.4, -0.2) is 62.9 Å². The summed E-state index contributed by atoms with van der Waals surface area (Å²) in [6.45, 7) is 4.42. The molecule has 1 fully saturated rings. The molecule has 10 heteroatoms. The summed E-state index contributed by atoms with van der Waals surface area (Å²) >= 11 is 6.17. The number of nitrogens with one attached hydrogen (secondary N) is 1. The maximum Gasteiger partial charge on any atom is 0.335 e. The van der Waals surface area contributed by atoms with E-state index in [1.165, 1.54) is 5.57 Å². The average molecular weight is 586 g/mol. The highest BCUT2D eigenvalue weighted by Crippen LogP contribution is 2.36. The number of hydrogen-bond donors (Lipinski definition) is 2. The third-order valence-electron chi connectivity index (χ3n) is 8.33. The molecule has 0 aliphatic carbocycles. The normalized spacial score (nSPS) is 20.4. The van der Waals surface area contributed by atoms with Gasteiger partial charge in [-0.25, -0.2) is 14.8 Å². The Morgan fingerprint density at radius 2 is 2.00 bits per heavy atom. The molecule has 3 aliphatic heterocycles. The number of aromatic nitrogens is 3. The molecular weight excluding hydrogens is 554 g/mol. The summed E-state index contributed by atoms with van der Waals surface area (Å²) in [7, 11) is 0. The van der Waals surface area contributed by atoms with Crippen LogP contribution in [0.1, 0.15) is 52.7 Å². The number of imidazole rings is 1. The van der Waals surface area contributed by atoms with Crippen molar-refractivity contribution in [1.82, 2.24) is 19.4 Å². The fourth-order valence-electron chi connectivity index (χ4n) is 5.94.